The van der Waals surface area contributed by atoms with Gasteiger partial charge in [0.25, 0.3) is 0 Å². The van der Waals surface area contributed by atoms with Gasteiger partial charge in [-0.25, -0.2) is 9.59 Å². The number of rotatable bonds is 3. The van der Waals surface area contributed by atoms with E-state index < -0.39 is 0 Å². The zero-order valence-electron chi connectivity index (χ0n) is 14.2. The summed E-state index contributed by atoms with van der Waals surface area (Å²) in [4.78, 5) is 44.5. The van der Waals surface area contributed by atoms with E-state index in [1.54, 1.807) is 22.8 Å². The Hall–Kier alpha value is -2.77. The molecule has 0 radical (unpaired) electrons. The van der Waals surface area contributed by atoms with Crippen LogP contribution in [0.3, 0.4) is 0 Å². The molecular weight excluding hydrogens is 324 g/mol. The largest absolute Gasteiger partial charge is 0.450 e. The van der Waals surface area contributed by atoms with Gasteiger partial charge < -0.3 is 24.5 Å². The van der Waals surface area contributed by atoms with Gasteiger partial charge in [-0.05, 0) is 31.0 Å². The van der Waals surface area contributed by atoms with Crippen LogP contribution in [-0.2, 0) is 16.0 Å². The van der Waals surface area contributed by atoms with Crippen molar-refractivity contribution in [1.29, 1.82) is 0 Å². The predicted molar refractivity (Wildman–Crippen MR) is 92.4 cm³/mol. The van der Waals surface area contributed by atoms with Crippen LogP contribution in [-0.4, -0.2) is 64.6 Å². The number of benzene rings is 1. The molecule has 2 amide bonds. The van der Waals surface area contributed by atoms with Crippen molar-refractivity contribution in [2.24, 2.45) is 0 Å². The van der Waals surface area contributed by atoms with Crippen LogP contribution < -0.4 is 5.69 Å². The number of carbonyl (C=O) groups excluding carboxylic acids is 2. The molecule has 2 heterocycles. The van der Waals surface area contributed by atoms with Gasteiger partial charge in [-0.3, -0.25) is 4.79 Å². The molecule has 2 aromatic rings. The number of H-pyrrole nitrogens is 2. The van der Waals surface area contributed by atoms with Gasteiger partial charge in [0.15, 0.2) is 0 Å². The van der Waals surface area contributed by atoms with Crippen molar-refractivity contribution in [3.63, 3.8) is 0 Å². The molecule has 8 nitrogen and oxygen atoms in total. The summed E-state index contributed by atoms with van der Waals surface area (Å²) in [5, 5.41) is 0. The van der Waals surface area contributed by atoms with E-state index in [-0.39, 0.29) is 24.1 Å². The lowest BCUT2D eigenvalue weighted by Gasteiger charge is -2.21. The Morgan fingerprint density at radius 3 is 2.60 bits per heavy atom. The summed E-state index contributed by atoms with van der Waals surface area (Å²) in [6, 6.07) is 5.45. The fraction of sp³-hybridized carbons (Fsp3) is 0.471. The maximum atomic E-state index is 12.6. The molecule has 0 spiro atoms. The Bertz CT molecular complexity index is 825. The summed E-state index contributed by atoms with van der Waals surface area (Å²) in [5.74, 6) is 0.0166. The second-order valence-electron chi connectivity index (χ2n) is 6.06. The smallest absolute Gasteiger partial charge is 0.409 e. The third-order valence-electron chi connectivity index (χ3n) is 4.31. The topological polar surface area (TPSA) is 98.5 Å². The number of hydrogen-bond acceptors (Lipinski definition) is 4. The summed E-state index contributed by atoms with van der Waals surface area (Å²) in [7, 11) is 0. The molecule has 8 heteroatoms. The van der Waals surface area contributed by atoms with Gasteiger partial charge in [0.05, 0.1) is 24.1 Å². The summed E-state index contributed by atoms with van der Waals surface area (Å²) >= 11 is 0. The molecule has 0 saturated carbocycles. The molecule has 134 valence electrons. The standard InChI is InChI=1S/C17H22N4O4/c1-2-25-17(24)21-7-3-6-20(8-9-21)15(22)11-12-4-5-13-14(10-12)19-16(23)18-13/h4-5,10H,2-3,6-9,11H2,1H3,(H2,18,19,23). The second-order valence-corrected chi connectivity index (χ2v) is 6.06. The first kappa shape index (κ1) is 17.1. The average molecular weight is 346 g/mol. The molecule has 1 fully saturated rings. The summed E-state index contributed by atoms with van der Waals surface area (Å²) in [6.07, 6.45) is 0.677. The van der Waals surface area contributed by atoms with Crippen molar-refractivity contribution in [3.8, 4) is 0 Å². The first-order valence-corrected chi connectivity index (χ1v) is 8.47. The highest BCUT2D eigenvalue weighted by Gasteiger charge is 2.22. The summed E-state index contributed by atoms with van der Waals surface area (Å²) < 4.78 is 5.02. The maximum absolute atomic E-state index is 12.6. The molecule has 2 N–H and O–H groups in total. The third kappa shape index (κ3) is 4.01. The summed E-state index contributed by atoms with van der Waals surface area (Å²) in [6.45, 7) is 4.33. The van der Waals surface area contributed by atoms with E-state index in [0.717, 1.165) is 17.5 Å². The lowest BCUT2D eigenvalue weighted by molar-refractivity contribution is -0.130. The first-order valence-electron chi connectivity index (χ1n) is 8.47. The second kappa shape index (κ2) is 7.42. The summed E-state index contributed by atoms with van der Waals surface area (Å²) in [5.41, 5.74) is 2.00. The van der Waals surface area contributed by atoms with Crippen LogP contribution >= 0.6 is 0 Å². The van der Waals surface area contributed by atoms with Crippen molar-refractivity contribution in [2.45, 2.75) is 19.8 Å². The van der Waals surface area contributed by atoms with Crippen LogP contribution in [0.15, 0.2) is 23.0 Å². The molecule has 0 unspecified atom stereocenters. The van der Waals surface area contributed by atoms with E-state index in [4.69, 9.17) is 4.74 Å². The van der Waals surface area contributed by atoms with Crippen molar-refractivity contribution in [1.82, 2.24) is 19.8 Å². The van der Waals surface area contributed by atoms with Crippen LogP contribution in [0.25, 0.3) is 11.0 Å². The van der Waals surface area contributed by atoms with Crippen LogP contribution in [0, 0.1) is 0 Å². The zero-order chi connectivity index (χ0) is 17.8. The van der Waals surface area contributed by atoms with Crippen LogP contribution in [0.5, 0.6) is 0 Å². The van der Waals surface area contributed by atoms with Crippen LogP contribution in [0.1, 0.15) is 18.9 Å². The third-order valence-corrected chi connectivity index (χ3v) is 4.31. The van der Waals surface area contributed by atoms with E-state index >= 15 is 0 Å². The fourth-order valence-corrected chi connectivity index (χ4v) is 3.04. The van der Waals surface area contributed by atoms with Crippen molar-refractivity contribution in [2.75, 3.05) is 32.8 Å². The van der Waals surface area contributed by atoms with E-state index in [0.29, 0.717) is 38.3 Å². The van der Waals surface area contributed by atoms with Gasteiger partial charge in [0, 0.05) is 26.2 Å². The Morgan fingerprint density at radius 1 is 1.08 bits per heavy atom. The molecule has 1 aliphatic heterocycles. The highest BCUT2D eigenvalue weighted by atomic mass is 16.6. The Labute approximate surface area is 144 Å². The van der Waals surface area contributed by atoms with Crippen molar-refractivity contribution < 1.29 is 14.3 Å². The zero-order valence-corrected chi connectivity index (χ0v) is 14.2. The number of nitrogens with zero attached hydrogens (tertiary/aromatic N) is 2. The number of aromatic amines is 2. The van der Waals surface area contributed by atoms with Crippen LogP contribution in [0.2, 0.25) is 0 Å². The van der Waals surface area contributed by atoms with E-state index in [2.05, 4.69) is 9.97 Å². The number of carbonyl (C=O) groups is 2. The van der Waals surface area contributed by atoms with Gasteiger partial charge in [0.1, 0.15) is 0 Å². The minimum Gasteiger partial charge on any atom is -0.450 e. The number of imidazole rings is 1. The van der Waals surface area contributed by atoms with Crippen molar-refractivity contribution in [3.05, 3.63) is 34.2 Å². The molecule has 1 saturated heterocycles. The highest BCUT2D eigenvalue weighted by molar-refractivity contribution is 5.81. The number of hydrogen-bond donors (Lipinski definition) is 2. The quantitative estimate of drug-likeness (QED) is 0.869. The predicted octanol–water partition coefficient (Wildman–Crippen LogP) is 1.09. The van der Waals surface area contributed by atoms with Gasteiger partial charge in [-0.2, -0.15) is 0 Å². The lowest BCUT2D eigenvalue weighted by atomic mass is 10.1. The molecule has 1 aliphatic rings. The van der Waals surface area contributed by atoms with E-state index in [1.807, 2.05) is 12.1 Å². The molecular formula is C17H22N4O4. The average Bonchev–Trinajstić information content (AvgIpc) is 2.79. The lowest BCUT2D eigenvalue weighted by Crippen LogP contribution is -2.38. The number of aromatic nitrogens is 2. The van der Waals surface area contributed by atoms with Crippen LogP contribution in [0.4, 0.5) is 4.79 Å². The fourth-order valence-electron chi connectivity index (χ4n) is 3.04. The molecule has 3 rings (SSSR count). The molecule has 1 aromatic heterocycles. The number of fused-ring (bicyclic) bond motifs is 1. The Kier molecular flexibility index (Phi) is 5.06. The first-order chi connectivity index (χ1) is 12.1. The van der Waals surface area contributed by atoms with Gasteiger partial charge in [-0.1, -0.05) is 6.07 Å². The van der Waals surface area contributed by atoms with Gasteiger partial charge in [0.2, 0.25) is 5.91 Å². The van der Waals surface area contributed by atoms with Gasteiger partial charge in [-0.15, -0.1) is 0 Å². The molecule has 0 bridgehead atoms. The SMILES string of the molecule is CCOC(=O)N1CCCN(C(=O)Cc2ccc3[nH]c(=O)[nH]c3c2)CC1. The van der Waals surface area contributed by atoms with E-state index in [1.165, 1.54) is 0 Å². The Morgan fingerprint density at radius 2 is 1.80 bits per heavy atom. The number of nitrogens with one attached hydrogen (secondary N) is 2. The highest BCUT2D eigenvalue weighted by Crippen LogP contribution is 2.13. The molecule has 0 atom stereocenters. The number of amides is 2. The molecule has 1 aromatic carbocycles. The minimum absolute atomic E-state index is 0.0166. The van der Waals surface area contributed by atoms with Crippen molar-refractivity contribution >= 4 is 23.0 Å². The molecule has 25 heavy (non-hydrogen) atoms. The van der Waals surface area contributed by atoms with Gasteiger partial charge >= 0.3 is 11.8 Å². The maximum Gasteiger partial charge on any atom is 0.409 e. The molecule has 0 aliphatic carbocycles. The monoisotopic (exact) mass is 346 g/mol. The van der Waals surface area contributed by atoms with E-state index in [9.17, 15) is 14.4 Å². The number of ether oxygens (including phenoxy) is 1. The minimum atomic E-state index is -0.321. The normalized spacial score (nSPS) is 15.2. The Balaban J connectivity index is 1.62.